The lowest BCUT2D eigenvalue weighted by Gasteiger charge is -2.18. The molecular formula is C13H21NO2. The van der Waals surface area contributed by atoms with Gasteiger partial charge in [-0.2, -0.15) is 0 Å². The molecule has 0 aliphatic carbocycles. The van der Waals surface area contributed by atoms with Crippen LogP contribution in [-0.4, -0.2) is 30.2 Å². The monoisotopic (exact) mass is 223 g/mol. The predicted molar refractivity (Wildman–Crippen MR) is 65.5 cm³/mol. The van der Waals surface area contributed by atoms with E-state index in [0.717, 1.165) is 30.9 Å². The molecule has 0 aliphatic rings. The van der Waals surface area contributed by atoms with Crippen LogP contribution in [0.5, 0.6) is 5.75 Å². The molecule has 0 spiro atoms. The number of methoxy groups -OCH3 is 1. The van der Waals surface area contributed by atoms with Crippen molar-refractivity contribution in [2.24, 2.45) is 0 Å². The summed E-state index contributed by atoms with van der Waals surface area (Å²) in [6.07, 6.45) is 0. The van der Waals surface area contributed by atoms with E-state index in [0.29, 0.717) is 0 Å². The molecule has 0 aromatic heterocycles. The summed E-state index contributed by atoms with van der Waals surface area (Å²) in [5, 5.41) is 9.12. The minimum atomic E-state index is 0.0225. The smallest absolute Gasteiger partial charge is 0.124 e. The Labute approximate surface area is 97.7 Å². The maximum atomic E-state index is 9.12. The molecule has 1 N–H and O–H groups in total. The van der Waals surface area contributed by atoms with E-state index in [1.165, 1.54) is 5.56 Å². The summed E-state index contributed by atoms with van der Waals surface area (Å²) in [6.45, 7) is 7.34. The number of nitrogens with zero attached hydrogens (tertiary/aromatic N) is 1. The quantitative estimate of drug-likeness (QED) is 0.801. The zero-order chi connectivity index (χ0) is 12.0. The highest BCUT2D eigenvalue weighted by atomic mass is 16.5. The molecule has 1 aromatic rings. The second-order valence-corrected chi connectivity index (χ2v) is 3.77. The predicted octanol–water partition coefficient (Wildman–Crippen LogP) is 2.03. The van der Waals surface area contributed by atoms with Crippen molar-refractivity contribution >= 4 is 0 Å². The molecule has 3 nitrogen and oxygen atoms in total. The van der Waals surface area contributed by atoms with E-state index in [2.05, 4.69) is 18.7 Å². The first-order valence-corrected chi connectivity index (χ1v) is 5.74. The molecule has 0 aliphatic heterocycles. The van der Waals surface area contributed by atoms with E-state index in [4.69, 9.17) is 9.84 Å². The second kappa shape index (κ2) is 6.51. The fourth-order valence-electron chi connectivity index (χ4n) is 1.72. The summed E-state index contributed by atoms with van der Waals surface area (Å²) >= 11 is 0. The Bertz CT molecular complexity index is 322. The Hall–Kier alpha value is -1.06. The zero-order valence-corrected chi connectivity index (χ0v) is 10.4. The van der Waals surface area contributed by atoms with Crippen molar-refractivity contribution in [2.45, 2.75) is 27.0 Å². The first-order valence-electron chi connectivity index (χ1n) is 5.74. The van der Waals surface area contributed by atoms with E-state index >= 15 is 0 Å². The van der Waals surface area contributed by atoms with Crippen LogP contribution in [-0.2, 0) is 13.2 Å². The fraction of sp³-hybridized carbons (Fsp3) is 0.538. The van der Waals surface area contributed by atoms with E-state index < -0.39 is 0 Å². The van der Waals surface area contributed by atoms with Crippen LogP contribution >= 0.6 is 0 Å². The number of benzene rings is 1. The Kier molecular flexibility index (Phi) is 5.29. The van der Waals surface area contributed by atoms with Crippen LogP contribution in [0.4, 0.5) is 0 Å². The summed E-state index contributed by atoms with van der Waals surface area (Å²) in [7, 11) is 1.63. The topological polar surface area (TPSA) is 32.7 Å². The summed E-state index contributed by atoms with van der Waals surface area (Å²) in [5.74, 6) is 0.771. The molecule has 0 heterocycles. The van der Waals surface area contributed by atoms with Gasteiger partial charge in [-0.25, -0.2) is 0 Å². The minimum absolute atomic E-state index is 0.0225. The van der Waals surface area contributed by atoms with Gasteiger partial charge in [0.15, 0.2) is 0 Å². The molecule has 0 fully saturated rings. The molecule has 0 amide bonds. The molecule has 0 radical (unpaired) electrons. The van der Waals surface area contributed by atoms with Gasteiger partial charge >= 0.3 is 0 Å². The lowest BCUT2D eigenvalue weighted by molar-refractivity contribution is 0.272. The van der Waals surface area contributed by atoms with Crippen molar-refractivity contribution in [3.05, 3.63) is 29.3 Å². The van der Waals surface area contributed by atoms with Crippen molar-refractivity contribution in [3.63, 3.8) is 0 Å². The highest BCUT2D eigenvalue weighted by Crippen LogP contribution is 2.21. The lowest BCUT2D eigenvalue weighted by Crippen LogP contribution is -2.22. The average molecular weight is 223 g/mol. The molecule has 16 heavy (non-hydrogen) atoms. The molecule has 90 valence electrons. The minimum Gasteiger partial charge on any atom is -0.496 e. The summed E-state index contributed by atoms with van der Waals surface area (Å²) < 4.78 is 5.25. The summed E-state index contributed by atoms with van der Waals surface area (Å²) in [4.78, 5) is 2.34. The van der Waals surface area contributed by atoms with E-state index in [1.54, 1.807) is 7.11 Å². The summed E-state index contributed by atoms with van der Waals surface area (Å²) in [5.41, 5.74) is 2.06. The van der Waals surface area contributed by atoms with Crippen molar-refractivity contribution in [3.8, 4) is 5.75 Å². The van der Waals surface area contributed by atoms with Crippen molar-refractivity contribution in [1.82, 2.24) is 4.90 Å². The van der Waals surface area contributed by atoms with Crippen LogP contribution in [0.25, 0.3) is 0 Å². The van der Waals surface area contributed by atoms with Crippen LogP contribution in [0.3, 0.4) is 0 Å². The normalized spacial score (nSPS) is 10.8. The first kappa shape index (κ1) is 13.0. The molecule has 0 bridgehead atoms. The number of rotatable bonds is 6. The van der Waals surface area contributed by atoms with Gasteiger partial charge in [-0.3, -0.25) is 4.90 Å². The van der Waals surface area contributed by atoms with Gasteiger partial charge in [-0.05, 0) is 24.7 Å². The Morgan fingerprint density at radius 3 is 2.44 bits per heavy atom. The van der Waals surface area contributed by atoms with Gasteiger partial charge in [0.1, 0.15) is 5.75 Å². The van der Waals surface area contributed by atoms with Crippen molar-refractivity contribution in [1.29, 1.82) is 0 Å². The number of hydrogen-bond donors (Lipinski definition) is 1. The van der Waals surface area contributed by atoms with E-state index in [9.17, 15) is 0 Å². The highest BCUT2D eigenvalue weighted by Gasteiger charge is 2.05. The largest absolute Gasteiger partial charge is 0.496 e. The van der Waals surface area contributed by atoms with E-state index in [-0.39, 0.29) is 6.61 Å². The number of aliphatic hydroxyl groups is 1. The van der Waals surface area contributed by atoms with Gasteiger partial charge in [0.25, 0.3) is 0 Å². The van der Waals surface area contributed by atoms with Crippen molar-refractivity contribution in [2.75, 3.05) is 20.2 Å². The maximum absolute atomic E-state index is 9.12. The van der Waals surface area contributed by atoms with E-state index in [1.807, 2.05) is 18.2 Å². The zero-order valence-electron chi connectivity index (χ0n) is 10.4. The fourth-order valence-corrected chi connectivity index (χ4v) is 1.72. The molecule has 0 unspecified atom stereocenters. The van der Waals surface area contributed by atoms with Gasteiger partial charge in [0, 0.05) is 12.1 Å². The van der Waals surface area contributed by atoms with Gasteiger partial charge < -0.3 is 9.84 Å². The SMILES string of the molecule is CCN(CC)Cc1ccc(CO)c(OC)c1. The first-order chi connectivity index (χ1) is 7.74. The van der Waals surface area contributed by atoms with Gasteiger partial charge in [-0.15, -0.1) is 0 Å². The molecule has 1 aromatic carbocycles. The molecule has 3 heteroatoms. The maximum Gasteiger partial charge on any atom is 0.124 e. The highest BCUT2D eigenvalue weighted by molar-refractivity contribution is 5.37. The third-order valence-electron chi connectivity index (χ3n) is 2.82. The summed E-state index contributed by atoms with van der Waals surface area (Å²) in [6, 6.07) is 5.98. The van der Waals surface area contributed by atoms with Crippen LogP contribution in [0.2, 0.25) is 0 Å². The Morgan fingerprint density at radius 2 is 1.94 bits per heavy atom. The number of aliphatic hydroxyl groups excluding tert-OH is 1. The van der Waals surface area contributed by atoms with Crippen LogP contribution in [0.15, 0.2) is 18.2 Å². The van der Waals surface area contributed by atoms with Crippen LogP contribution in [0, 0.1) is 0 Å². The standard InChI is InChI=1S/C13H21NO2/c1-4-14(5-2)9-11-6-7-12(10-15)13(8-11)16-3/h6-8,15H,4-5,9-10H2,1-3H3. The van der Waals surface area contributed by atoms with Gasteiger partial charge in [-0.1, -0.05) is 26.0 Å². The van der Waals surface area contributed by atoms with Gasteiger partial charge in [0.2, 0.25) is 0 Å². The third-order valence-corrected chi connectivity index (χ3v) is 2.82. The average Bonchev–Trinajstić information content (AvgIpc) is 2.35. The molecule has 0 atom stereocenters. The van der Waals surface area contributed by atoms with Crippen LogP contribution < -0.4 is 4.74 Å². The number of hydrogen-bond acceptors (Lipinski definition) is 3. The molecule has 0 saturated carbocycles. The van der Waals surface area contributed by atoms with Crippen LogP contribution in [0.1, 0.15) is 25.0 Å². The number of ether oxygens (including phenoxy) is 1. The third kappa shape index (κ3) is 3.22. The van der Waals surface area contributed by atoms with Crippen molar-refractivity contribution < 1.29 is 9.84 Å². The second-order valence-electron chi connectivity index (χ2n) is 3.77. The molecule has 0 saturated heterocycles. The molecule has 1 rings (SSSR count). The Balaban J connectivity index is 2.82. The molecular weight excluding hydrogens is 202 g/mol. The van der Waals surface area contributed by atoms with Gasteiger partial charge in [0.05, 0.1) is 13.7 Å². The Morgan fingerprint density at radius 1 is 1.25 bits per heavy atom. The lowest BCUT2D eigenvalue weighted by atomic mass is 10.1.